The second kappa shape index (κ2) is 13.5. The van der Waals surface area contributed by atoms with Gasteiger partial charge >= 0.3 is 5.97 Å². The van der Waals surface area contributed by atoms with Crippen LogP contribution in [0.1, 0.15) is 35.2 Å². The highest BCUT2D eigenvalue weighted by Crippen LogP contribution is 2.35. The topological polar surface area (TPSA) is 69.9 Å². The first-order valence-corrected chi connectivity index (χ1v) is 16.0. The highest BCUT2D eigenvalue weighted by Gasteiger charge is 2.35. The first-order chi connectivity index (χ1) is 21.8. The van der Waals surface area contributed by atoms with Crippen molar-refractivity contribution in [3.8, 4) is 5.75 Å². The van der Waals surface area contributed by atoms with Crippen LogP contribution in [0.2, 0.25) is 15.1 Å². The predicted molar refractivity (Wildman–Crippen MR) is 180 cm³/mol. The SMILES string of the molecule is CCOC(=O)C1=C(c2ccccc2)N=c2s/c(=C\c3cc(Cl)ccc3OCc3ccc(Cl)c(Cl)c3)c(=O)n2[C@H]1c1ccccc1. The summed E-state index contributed by atoms with van der Waals surface area (Å²) in [6.07, 6.45) is 1.73. The lowest BCUT2D eigenvalue weighted by Crippen LogP contribution is -2.40. The number of thiazole rings is 1. The number of hydrogen-bond acceptors (Lipinski definition) is 6. The van der Waals surface area contributed by atoms with Crippen LogP contribution in [0.3, 0.4) is 0 Å². The Morgan fingerprint density at radius 2 is 1.67 bits per heavy atom. The van der Waals surface area contributed by atoms with Crippen molar-refractivity contribution in [2.75, 3.05) is 6.61 Å². The fourth-order valence-electron chi connectivity index (χ4n) is 5.09. The molecule has 0 spiro atoms. The molecule has 0 bridgehead atoms. The quantitative estimate of drug-likeness (QED) is 0.160. The number of hydrogen-bond donors (Lipinski definition) is 0. The molecule has 0 aliphatic carbocycles. The Labute approximate surface area is 278 Å². The minimum atomic E-state index is -0.761. The first kappa shape index (κ1) is 30.9. The maximum absolute atomic E-state index is 14.2. The monoisotopic (exact) mass is 674 g/mol. The minimum absolute atomic E-state index is 0.177. The van der Waals surface area contributed by atoms with Crippen LogP contribution >= 0.6 is 46.1 Å². The van der Waals surface area contributed by atoms with Crippen LogP contribution < -0.4 is 19.6 Å². The van der Waals surface area contributed by atoms with Crippen LogP contribution in [0.15, 0.2) is 112 Å². The van der Waals surface area contributed by atoms with Crippen molar-refractivity contribution in [2.24, 2.45) is 4.99 Å². The van der Waals surface area contributed by atoms with E-state index in [0.29, 0.717) is 47.0 Å². The van der Waals surface area contributed by atoms with Crippen molar-refractivity contribution in [2.45, 2.75) is 19.6 Å². The highest BCUT2D eigenvalue weighted by molar-refractivity contribution is 7.07. The number of benzene rings is 4. The smallest absolute Gasteiger partial charge is 0.338 e. The van der Waals surface area contributed by atoms with Gasteiger partial charge in [-0.25, -0.2) is 9.79 Å². The molecular formula is C35H25Cl3N2O4S. The highest BCUT2D eigenvalue weighted by atomic mass is 35.5. The number of carbonyl (C=O) groups is 1. The second-order valence-electron chi connectivity index (χ2n) is 10.1. The second-order valence-corrected chi connectivity index (χ2v) is 12.3. The van der Waals surface area contributed by atoms with Crippen molar-refractivity contribution >= 4 is 63.9 Å². The molecule has 1 aliphatic heterocycles. The summed E-state index contributed by atoms with van der Waals surface area (Å²) >= 11 is 19.9. The van der Waals surface area contributed by atoms with E-state index >= 15 is 0 Å². The fraction of sp³-hybridized carbons (Fsp3) is 0.114. The third kappa shape index (κ3) is 6.49. The summed E-state index contributed by atoms with van der Waals surface area (Å²) in [5, 5.41) is 1.37. The number of fused-ring (bicyclic) bond motifs is 1. The van der Waals surface area contributed by atoms with Gasteiger partial charge in [0.05, 0.1) is 38.5 Å². The van der Waals surface area contributed by atoms with Gasteiger partial charge in [-0.1, -0.05) is 113 Å². The van der Waals surface area contributed by atoms with Crippen molar-refractivity contribution in [1.29, 1.82) is 0 Å². The number of ether oxygens (including phenoxy) is 2. The molecule has 0 unspecified atom stereocenters. The van der Waals surface area contributed by atoms with E-state index in [9.17, 15) is 9.59 Å². The van der Waals surface area contributed by atoms with Gasteiger partial charge in [-0.3, -0.25) is 9.36 Å². The summed E-state index contributed by atoms with van der Waals surface area (Å²) in [5.41, 5.74) is 3.38. The van der Waals surface area contributed by atoms with E-state index in [2.05, 4.69) is 0 Å². The van der Waals surface area contributed by atoms with Gasteiger partial charge in [-0.2, -0.15) is 0 Å². The maximum atomic E-state index is 14.2. The lowest BCUT2D eigenvalue weighted by Gasteiger charge is -2.25. The van der Waals surface area contributed by atoms with E-state index in [-0.39, 0.29) is 18.8 Å². The van der Waals surface area contributed by atoms with Gasteiger partial charge in [0.25, 0.3) is 5.56 Å². The summed E-state index contributed by atoms with van der Waals surface area (Å²) in [6.45, 7) is 2.15. The number of halogens is 3. The molecule has 226 valence electrons. The van der Waals surface area contributed by atoms with Gasteiger partial charge in [-0.05, 0) is 54.5 Å². The summed E-state index contributed by atoms with van der Waals surface area (Å²) < 4.78 is 13.6. The van der Waals surface area contributed by atoms with E-state index in [4.69, 9.17) is 49.3 Å². The normalized spacial score (nSPS) is 14.6. The standard InChI is InChI=1S/C35H25Cl3N2O4S/c1-2-43-34(42)30-31(22-9-5-3-6-10-22)39-35-40(32(30)23-11-7-4-8-12-23)33(41)29(45-35)19-24-18-25(36)14-16-28(24)44-20-21-13-15-26(37)27(38)17-21/h3-19,32H,2,20H2,1H3/b29-19-/t32-/m0/s1. The molecule has 2 heterocycles. The molecule has 0 N–H and O–H groups in total. The molecule has 45 heavy (non-hydrogen) atoms. The summed E-state index contributed by atoms with van der Waals surface area (Å²) in [7, 11) is 0. The predicted octanol–water partition coefficient (Wildman–Crippen LogP) is 7.47. The Morgan fingerprint density at radius 3 is 2.38 bits per heavy atom. The lowest BCUT2D eigenvalue weighted by molar-refractivity contribution is -0.138. The van der Waals surface area contributed by atoms with E-state index in [1.165, 1.54) is 11.3 Å². The number of aromatic nitrogens is 1. The number of nitrogens with zero attached hydrogens (tertiary/aromatic N) is 2. The molecule has 1 aromatic heterocycles. The van der Waals surface area contributed by atoms with Gasteiger partial charge in [0.15, 0.2) is 4.80 Å². The van der Waals surface area contributed by atoms with E-state index in [1.54, 1.807) is 47.9 Å². The van der Waals surface area contributed by atoms with Crippen molar-refractivity contribution in [1.82, 2.24) is 4.57 Å². The van der Waals surface area contributed by atoms with E-state index in [1.807, 2.05) is 66.7 Å². The van der Waals surface area contributed by atoms with E-state index in [0.717, 1.165) is 16.7 Å². The van der Waals surface area contributed by atoms with Gasteiger partial charge in [0.2, 0.25) is 0 Å². The van der Waals surface area contributed by atoms with Crippen molar-refractivity contribution in [3.63, 3.8) is 0 Å². The molecule has 5 aromatic rings. The molecule has 10 heteroatoms. The molecule has 4 aromatic carbocycles. The Balaban J connectivity index is 1.51. The minimum Gasteiger partial charge on any atom is -0.488 e. The summed E-state index contributed by atoms with van der Waals surface area (Å²) in [4.78, 5) is 33.2. The zero-order chi connectivity index (χ0) is 31.5. The molecule has 1 aliphatic rings. The first-order valence-electron chi connectivity index (χ1n) is 14.0. The Morgan fingerprint density at radius 1 is 0.933 bits per heavy atom. The number of carbonyl (C=O) groups excluding carboxylic acids is 1. The van der Waals surface area contributed by atoms with Crippen LogP contribution in [0.25, 0.3) is 11.8 Å². The maximum Gasteiger partial charge on any atom is 0.338 e. The van der Waals surface area contributed by atoms with Crippen LogP contribution in [-0.2, 0) is 16.1 Å². The Kier molecular flexibility index (Phi) is 9.24. The molecule has 6 nitrogen and oxygen atoms in total. The van der Waals surface area contributed by atoms with Crippen molar-refractivity contribution < 1.29 is 14.3 Å². The van der Waals surface area contributed by atoms with Crippen LogP contribution in [0.4, 0.5) is 0 Å². The fourth-order valence-corrected chi connectivity index (χ4v) is 6.58. The average Bonchev–Trinajstić information content (AvgIpc) is 3.36. The molecule has 6 rings (SSSR count). The average molecular weight is 676 g/mol. The van der Waals surface area contributed by atoms with Gasteiger partial charge < -0.3 is 9.47 Å². The zero-order valence-corrected chi connectivity index (χ0v) is 27.0. The van der Waals surface area contributed by atoms with Crippen molar-refractivity contribution in [3.05, 3.63) is 160 Å². The number of rotatable bonds is 8. The number of esters is 1. The van der Waals surface area contributed by atoms with Gasteiger partial charge in [0, 0.05) is 16.1 Å². The van der Waals surface area contributed by atoms with Crippen LogP contribution in [-0.4, -0.2) is 17.1 Å². The molecule has 0 amide bonds. The Bertz CT molecular complexity index is 2110. The molecule has 0 saturated carbocycles. The molecule has 0 saturated heterocycles. The third-order valence-corrected chi connectivity index (χ3v) is 9.08. The lowest BCUT2D eigenvalue weighted by atomic mass is 9.93. The molecule has 0 radical (unpaired) electrons. The zero-order valence-electron chi connectivity index (χ0n) is 23.9. The summed E-state index contributed by atoms with van der Waals surface area (Å²) in [5.74, 6) is -0.0100. The van der Waals surface area contributed by atoms with E-state index < -0.39 is 12.0 Å². The summed E-state index contributed by atoms with van der Waals surface area (Å²) in [6, 6.07) is 28.6. The van der Waals surface area contributed by atoms with Crippen LogP contribution in [0, 0.1) is 0 Å². The molecular weight excluding hydrogens is 651 g/mol. The third-order valence-electron chi connectivity index (χ3n) is 7.13. The van der Waals surface area contributed by atoms with Gasteiger partial charge in [-0.15, -0.1) is 0 Å². The largest absolute Gasteiger partial charge is 0.488 e. The van der Waals surface area contributed by atoms with Crippen LogP contribution in [0.5, 0.6) is 5.75 Å². The molecule has 1 atom stereocenters. The molecule has 0 fully saturated rings. The Hall–Kier alpha value is -4.14. The van der Waals surface area contributed by atoms with Gasteiger partial charge in [0.1, 0.15) is 12.4 Å².